The second-order valence-corrected chi connectivity index (χ2v) is 5.75. The molecule has 1 aromatic carbocycles. The summed E-state index contributed by atoms with van der Waals surface area (Å²) in [6.07, 6.45) is 3.64. The highest BCUT2D eigenvalue weighted by atomic mass is 79.9. The van der Waals surface area contributed by atoms with E-state index in [0.717, 1.165) is 29.1 Å². The van der Waals surface area contributed by atoms with E-state index in [1.54, 1.807) is 6.20 Å². The van der Waals surface area contributed by atoms with Gasteiger partial charge in [-0.15, -0.1) is 0 Å². The minimum Gasteiger partial charge on any atom is -0.453 e. The standard InChI is InChI=1S/C15H20BrN3O/c1-4-17-8-12-5-6-15(14(16)7-12)20-13-9-18-19(10-13)11(2)3/h5-7,9-11,17H,4,8H2,1-3H3. The zero-order valence-electron chi connectivity index (χ0n) is 12.1. The third-order valence-electron chi connectivity index (χ3n) is 2.91. The average molecular weight is 338 g/mol. The normalized spacial score (nSPS) is 11.1. The van der Waals surface area contributed by atoms with Crippen molar-refractivity contribution in [1.82, 2.24) is 15.1 Å². The number of benzene rings is 1. The summed E-state index contributed by atoms with van der Waals surface area (Å²) in [6, 6.07) is 6.45. The highest BCUT2D eigenvalue weighted by Gasteiger charge is 2.07. The zero-order valence-corrected chi connectivity index (χ0v) is 13.6. The third-order valence-corrected chi connectivity index (χ3v) is 3.53. The summed E-state index contributed by atoms with van der Waals surface area (Å²) in [5, 5.41) is 7.57. The predicted octanol–water partition coefficient (Wildman–Crippen LogP) is 4.13. The molecule has 0 aliphatic rings. The van der Waals surface area contributed by atoms with Crippen molar-refractivity contribution in [3.8, 4) is 11.5 Å². The fourth-order valence-corrected chi connectivity index (χ4v) is 2.30. The van der Waals surface area contributed by atoms with Crippen LogP contribution in [0.2, 0.25) is 0 Å². The smallest absolute Gasteiger partial charge is 0.165 e. The van der Waals surface area contributed by atoms with Gasteiger partial charge in [-0.2, -0.15) is 5.10 Å². The molecule has 0 aliphatic heterocycles. The van der Waals surface area contributed by atoms with Crippen LogP contribution >= 0.6 is 15.9 Å². The van der Waals surface area contributed by atoms with E-state index in [2.05, 4.69) is 59.2 Å². The molecule has 20 heavy (non-hydrogen) atoms. The largest absolute Gasteiger partial charge is 0.453 e. The Morgan fingerprint density at radius 3 is 2.80 bits per heavy atom. The third kappa shape index (κ3) is 3.84. The molecule has 0 amide bonds. The van der Waals surface area contributed by atoms with Crippen LogP contribution in [0, 0.1) is 0 Å². The van der Waals surface area contributed by atoms with Crippen molar-refractivity contribution in [1.29, 1.82) is 0 Å². The lowest BCUT2D eigenvalue weighted by molar-refractivity contribution is 0.474. The Balaban J connectivity index is 2.08. The Kier molecular flexibility index (Phi) is 5.20. The highest BCUT2D eigenvalue weighted by molar-refractivity contribution is 9.10. The lowest BCUT2D eigenvalue weighted by Gasteiger charge is -2.08. The van der Waals surface area contributed by atoms with E-state index in [0.29, 0.717) is 6.04 Å². The summed E-state index contributed by atoms with van der Waals surface area (Å²) in [5.74, 6) is 1.55. The first-order chi connectivity index (χ1) is 9.60. The van der Waals surface area contributed by atoms with Gasteiger partial charge in [0.25, 0.3) is 0 Å². The summed E-state index contributed by atoms with van der Waals surface area (Å²) >= 11 is 3.55. The monoisotopic (exact) mass is 337 g/mol. The van der Waals surface area contributed by atoms with Gasteiger partial charge in [-0.05, 0) is 54.0 Å². The van der Waals surface area contributed by atoms with Crippen LogP contribution in [0.25, 0.3) is 0 Å². The van der Waals surface area contributed by atoms with E-state index in [-0.39, 0.29) is 0 Å². The maximum atomic E-state index is 5.85. The second-order valence-electron chi connectivity index (χ2n) is 4.90. The number of rotatable bonds is 6. The average Bonchev–Trinajstić information content (AvgIpc) is 2.88. The number of hydrogen-bond donors (Lipinski definition) is 1. The Bertz CT molecular complexity index is 566. The molecule has 0 unspecified atom stereocenters. The molecule has 0 aliphatic carbocycles. The molecule has 5 heteroatoms. The van der Waals surface area contributed by atoms with E-state index < -0.39 is 0 Å². The molecular weight excluding hydrogens is 318 g/mol. The van der Waals surface area contributed by atoms with Crippen molar-refractivity contribution in [2.24, 2.45) is 0 Å². The lowest BCUT2D eigenvalue weighted by atomic mass is 10.2. The predicted molar refractivity (Wildman–Crippen MR) is 84.2 cm³/mol. The fourth-order valence-electron chi connectivity index (χ4n) is 1.79. The molecular formula is C15H20BrN3O. The lowest BCUT2D eigenvalue weighted by Crippen LogP contribution is -2.11. The van der Waals surface area contributed by atoms with Gasteiger partial charge in [0, 0.05) is 12.6 Å². The molecule has 0 saturated carbocycles. The zero-order chi connectivity index (χ0) is 14.5. The topological polar surface area (TPSA) is 39.1 Å². The molecule has 0 radical (unpaired) electrons. The van der Waals surface area contributed by atoms with Crippen LogP contribution in [-0.2, 0) is 6.54 Å². The van der Waals surface area contributed by atoms with E-state index in [1.165, 1.54) is 5.56 Å². The van der Waals surface area contributed by atoms with Crippen molar-refractivity contribution in [2.45, 2.75) is 33.4 Å². The number of ether oxygens (including phenoxy) is 1. The van der Waals surface area contributed by atoms with Crippen molar-refractivity contribution in [3.05, 3.63) is 40.6 Å². The molecule has 0 atom stereocenters. The number of aromatic nitrogens is 2. The molecule has 1 heterocycles. The Labute approximate surface area is 128 Å². The molecule has 1 aromatic heterocycles. The van der Waals surface area contributed by atoms with Crippen LogP contribution in [-0.4, -0.2) is 16.3 Å². The van der Waals surface area contributed by atoms with Gasteiger partial charge in [0.05, 0.1) is 16.9 Å². The van der Waals surface area contributed by atoms with E-state index in [4.69, 9.17) is 4.74 Å². The maximum absolute atomic E-state index is 5.85. The van der Waals surface area contributed by atoms with Crippen molar-refractivity contribution in [3.63, 3.8) is 0 Å². The Morgan fingerprint density at radius 2 is 2.20 bits per heavy atom. The number of halogens is 1. The van der Waals surface area contributed by atoms with E-state index in [1.807, 2.05) is 16.9 Å². The molecule has 1 N–H and O–H groups in total. The van der Waals surface area contributed by atoms with Gasteiger partial charge >= 0.3 is 0 Å². The highest BCUT2D eigenvalue weighted by Crippen LogP contribution is 2.30. The van der Waals surface area contributed by atoms with Gasteiger partial charge in [-0.1, -0.05) is 13.0 Å². The number of nitrogens with zero attached hydrogens (tertiary/aromatic N) is 2. The first-order valence-electron chi connectivity index (χ1n) is 6.81. The van der Waals surface area contributed by atoms with Gasteiger partial charge in [0.1, 0.15) is 5.75 Å². The van der Waals surface area contributed by atoms with Gasteiger partial charge in [-0.25, -0.2) is 0 Å². The Morgan fingerprint density at radius 1 is 1.40 bits per heavy atom. The van der Waals surface area contributed by atoms with Crippen molar-refractivity contribution in [2.75, 3.05) is 6.54 Å². The molecule has 108 valence electrons. The van der Waals surface area contributed by atoms with Crippen LogP contribution < -0.4 is 10.1 Å². The van der Waals surface area contributed by atoms with Crippen molar-refractivity contribution >= 4 is 15.9 Å². The minimum atomic E-state index is 0.332. The minimum absolute atomic E-state index is 0.332. The van der Waals surface area contributed by atoms with E-state index >= 15 is 0 Å². The first-order valence-corrected chi connectivity index (χ1v) is 7.60. The molecule has 0 saturated heterocycles. The summed E-state index contributed by atoms with van der Waals surface area (Å²) in [5.41, 5.74) is 1.23. The van der Waals surface area contributed by atoms with Crippen LogP contribution in [0.4, 0.5) is 0 Å². The molecule has 0 fully saturated rings. The quantitative estimate of drug-likeness (QED) is 0.861. The molecule has 0 spiro atoms. The SMILES string of the molecule is CCNCc1ccc(Oc2cnn(C(C)C)c2)c(Br)c1. The molecule has 2 rings (SSSR count). The fraction of sp³-hybridized carbons (Fsp3) is 0.400. The van der Waals surface area contributed by atoms with Crippen LogP contribution in [0.15, 0.2) is 35.1 Å². The summed E-state index contributed by atoms with van der Waals surface area (Å²) < 4.78 is 8.68. The van der Waals surface area contributed by atoms with Crippen molar-refractivity contribution < 1.29 is 4.74 Å². The second kappa shape index (κ2) is 6.90. The molecule has 0 bridgehead atoms. The van der Waals surface area contributed by atoms with Gasteiger partial charge in [0.2, 0.25) is 0 Å². The Hall–Kier alpha value is -1.33. The summed E-state index contributed by atoms with van der Waals surface area (Å²) in [4.78, 5) is 0. The molecule has 2 aromatic rings. The summed E-state index contributed by atoms with van der Waals surface area (Å²) in [6.45, 7) is 8.09. The van der Waals surface area contributed by atoms with Crippen LogP contribution in [0.5, 0.6) is 11.5 Å². The first kappa shape index (κ1) is 15.1. The summed E-state index contributed by atoms with van der Waals surface area (Å²) in [7, 11) is 0. The molecule has 4 nitrogen and oxygen atoms in total. The van der Waals surface area contributed by atoms with Gasteiger partial charge < -0.3 is 10.1 Å². The van der Waals surface area contributed by atoms with E-state index in [9.17, 15) is 0 Å². The number of hydrogen-bond acceptors (Lipinski definition) is 3. The maximum Gasteiger partial charge on any atom is 0.165 e. The van der Waals surface area contributed by atoms with Crippen LogP contribution in [0.3, 0.4) is 0 Å². The van der Waals surface area contributed by atoms with Gasteiger partial charge in [-0.3, -0.25) is 4.68 Å². The van der Waals surface area contributed by atoms with Gasteiger partial charge in [0.15, 0.2) is 5.75 Å². The van der Waals surface area contributed by atoms with Crippen LogP contribution in [0.1, 0.15) is 32.4 Å². The number of nitrogens with one attached hydrogen (secondary N) is 1.